The van der Waals surface area contributed by atoms with Crippen LogP contribution in [0.5, 0.6) is 0 Å². The van der Waals surface area contributed by atoms with Crippen molar-refractivity contribution in [2.45, 2.75) is 24.9 Å². The van der Waals surface area contributed by atoms with Gasteiger partial charge in [0.1, 0.15) is 0 Å². The maximum atomic E-state index is 13.0. The Hall–Kier alpha value is -2.35. The lowest BCUT2D eigenvalue weighted by atomic mass is 9.95. The highest BCUT2D eigenvalue weighted by Gasteiger charge is 2.71. The topological polar surface area (TPSA) is 78.8 Å². The summed E-state index contributed by atoms with van der Waals surface area (Å²) in [5.74, 6) is 0.718. The first-order valence-corrected chi connectivity index (χ1v) is 11.2. The van der Waals surface area contributed by atoms with E-state index in [1.807, 2.05) is 11.0 Å². The van der Waals surface area contributed by atoms with Crippen LogP contribution < -0.4 is 0 Å². The molecule has 0 unspecified atom stereocenters. The highest BCUT2D eigenvalue weighted by molar-refractivity contribution is 5.77. The largest absolute Gasteiger partial charge is 0.391 e. The molecular formula is C24H30N4O3. The Balaban J connectivity index is 1.30. The van der Waals surface area contributed by atoms with Gasteiger partial charge in [-0.1, -0.05) is 30.3 Å². The number of nitrogens with zero attached hydrogens (tertiary/aromatic N) is 4. The van der Waals surface area contributed by atoms with Gasteiger partial charge >= 0.3 is 0 Å². The van der Waals surface area contributed by atoms with Crippen molar-refractivity contribution in [2.24, 2.45) is 11.3 Å². The van der Waals surface area contributed by atoms with E-state index in [-0.39, 0.29) is 17.2 Å². The lowest BCUT2D eigenvalue weighted by Gasteiger charge is -2.27. The number of aromatic nitrogens is 2. The molecule has 2 aromatic rings. The third kappa shape index (κ3) is 3.97. The summed E-state index contributed by atoms with van der Waals surface area (Å²) in [6.07, 6.45) is 5.47. The summed E-state index contributed by atoms with van der Waals surface area (Å²) in [6.45, 7) is 5.40. The molecule has 4 atom stereocenters. The van der Waals surface area contributed by atoms with Crippen LogP contribution in [-0.2, 0) is 16.0 Å². The second-order valence-electron chi connectivity index (χ2n) is 9.01. The number of likely N-dealkylation sites (tertiary alicyclic amines) is 1. The third-order valence-corrected chi connectivity index (χ3v) is 7.32. The summed E-state index contributed by atoms with van der Waals surface area (Å²) in [5, 5.41) is 11.2. The van der Waals surface area contributed by atoms with E-state index < -0.39 is 6.10 Å². The minimum absolute atomic E-state index is 0.0883. The number of aliphatic hydroxyl groups excluding tert-OH is 1. The van der Waals surface area contributed by atoms with E-state index in [1.54, 1.807) is 18.6 Å². The molecule has 7 heteroatoms. The molecule has 2 saturated heterocycles. The van der Waals surface area contributed by atoms with Crippen LogP contribution >= 0.6 is 0 Å². The van der Waals surface area contributed by atoms with Crippen molar-refractivity contribution in [3.8, 4) is 0 Å². The Kier molecular flexibility index (Phi) is 5.73. The number of aryl methyl sites for hydroxylation is 1. The zero-order chi connectivity index (χ0) is 21.3. The number of ether oxygens (including phenoxy) is 1. The predicted molar refractivity (Wildman–Crippen MR) is 115 cm³/mol. The van der Waals surface area contributed by atoms with Gasteiger partial charge in [-0.3, -0.25) is 19.7 Å². The highest BCUT2D eigenvalue weighted by Crippen LogP contribution is 2.69. The summed E-state index contributed by atoms with van der Waals surface area (Å²) < 4.78 is 5.51. The fourth-order valence-corrected chi connectivity index (χ4v) is 5.67. The fourth-order valence-electron chi connectivity index (χ4n) is 5.67. The van der Waals surface area contributed by atoms with Gasteiger partial charge in [-0.2, -0.15) is 0 Å². The summed E-state index contributed by atoms with van der Waals surface area (Å²) in [6, 6.07) is 10.5. The molecule has 1 aromatic heterocycles. The van der Waals surface area contributed by atoms with Crippen molar-refractivity contribution in [2.75, 3.05) is 45.9 Å². The van der Waals surface area contributed by atoms with Gasteiger partial charge in [-0.05, 0) is 23.8 Å². The first-order valence-electron chi connectivity index (χ1n) is 11.2. The van der Waals surface area contributed by atoms with Gasteiger partial charge in [0.05, 0.1) is 25.0 Å². The number of morpholine rings is 1. The molecule has 5 rings (SSSR count). The van der Waals surface area contributed by atoms with Gasteiger partial charge < -0.3 is 14.7 Å². The number of hydrogen-bond donors (Lipinski definition) is 1. The van der Waals surface area contributed by atoms with Gasteiger partial charge in [-0.25, -0.2) is 0 Å². The standard InChI is InChI=1S/C24H30N4O3/c29-21-16-28(22(30)7-6-19-14-25-8-9-26-19)17-24(21)20(15-27-10-12-31-13-11-27)23(24)18-4-2-1-3-5-18/h1-5,8-9,14,20-21,23,29H,6-7,10-13,15-17H2/t20-,21-,23-,24-/m1/s1. The van der Waals surface area contributed by atoms with Crippen LogP contribution in [0.1, 0.15) is 23.6 Å². The summed E-state index contributed by atoms with van der Waals surface area (Å²) in [7, 11) is 0. The van der Waals surface area contributed by atoms with E-state index in [1.165, 1.54) is 5.56 Å². The second-order valence-corrected chi connectivity index (χ2v) is 9.01. The van der Waals surface area contributed by atoms with E-state index >= 15 is 0 Å². The Morgan fingerprint density at radius 1 is 1.19 bits per heavy atom. The van der Waals surface area contributed by atoms with Crippen LogP contribution in [0.4, 0.5) is 0 Å². The number of amides is 1. The molecule has 1 N–H and O–H groups in total. The number of hydrogen-bond acceptors (Lipinski definition) is 6. The Labute approximate surface area is 183 Å². The number of aliphatic hydroxyl groups is 1. The van der Waals surface area contributed by atoms with Crippen molar-refractivity contribution in [3.63, 3.8) is 0 Å². The Bertz CT molecular complexity index is 890. The zero-order valence-electron chi connectivity index (χ0n) is 17.8. The molecule has 164 valence electrons. The zero-order valence-corrected chi connectivity index (χ0v) is 17.8. The first kappa shape index (κ1) is 20.5. The molecule has 0 radical (unpaired) electrons. The van der Waals surface area contributed by atoms with Crippen LogP contribution in [-0.4, -0.2) is 82.8 Å². The molecule has 3 fully saturated rings. The summed E-state index contributed by atoms with van der Waals surface area (Å²) >= 11 is 0. The smallest absolute Gasteiger partial charge is 0.223 e. The SMILES string of the molecule is O=C(CCc1cnccn1)N1C[C@@H](O)[C@@]2(C1)[C@H](CN1CCOCC1)[C@H]2c1ccccc1. The Morgan fingerprint density at radius 3 is 2.74 bits per heavy atom. The maximum Gasteiger partial charge on any atom is 0.223 e. The molecule has 3 heterocycles. The van der Waals surface area contributed by atoms with E-state index in [4.69, 9.17) is 4.74 Å². The van der Waals surface area contributed by atoms with Crippen molar-refractivity contribution < 1.29 is 14.6 Å². The Morgan fingerprint density at radius 2 is 2.00 bits per heavy atom. The minimum Gasteiger partial charge on any atom is -0.391 e. The predicted octanol–water partition coefficient (Wildman–Crippen LogP) is 1.34. The van der Waals surface area contributed by atoms with E-state index in [2.05, 4.69) is 39.1 Å². The number of rotatable bonds is 6. The van der Waals surface area contributed by atoms with Crippen LogP contribution in [0.25, 0.3) is 0 Å². The molecule has 1 saturated carbocycles. The highest BCUT2D eigenvalue weighted by atomic mass is 16.5. The molecule has 0 bridgehead atoms. The van der Waals surface area contributed by atoms with E-state index in [0.717, 1.165) is 38.5 Å². The van der Waals surface area contributed by atoms with Gasteiger partial charge in [0.15, 0.2) is 0 Å². The third-order valence-electron chi connectivity index (χ3n) is 7.32. The molecule has 1 amide bonds. The molecule has 31 heavy (non-hydrogen) atoms. The monoisotopic (exact) mass is 422 g/mol. The summed E-state index contributed by atoms with van der Waals surface area (Å²) in [4.78, 5) is 25.6. The average Bonchev–Trinajstić information content (AvgIpc) is 3.31. The van der Waals surface area contributed by atoms with Crippen molar-refractivity contribution in [3.05, 3.63) is 60.2 Å². The van der Waals surface area contributed by atoms with Gasteiger partial charge in [0.2, 0.25) is 5.91 Å². The molecule has 3 aliphatic rings. The second kappa shape index (κ2) is 8.65. The normalized spacial score (nSPS) is 30.6. The maximum absolute atomic E-state index is 13.0. The van der Waals surface area contributed by atoms with Crippen LogP contribution in [0.2, 0.25) is 0 Å². The van der Waals surface area contributed by atoms with Crippen molar-refractivity contribution in [1.29, 1.82) is 0 Å². The number of β-amino-alcohol motifs (C(OH)–C–C–N with tert-alkyl or cyclic N) is 1. The van der Waals surface area contributed by atoms with E-state index in [0.29, 0.717) is 31.8 Å². The molecule has 7 nitrogen and oxygen atoms in total. The number of benzene rings is 1. The van der Waals surface area contributed by atoms with Crippen LogP contribution in [0.15, 0.2) is 48.9 Å². The van der Waals surface area contributed by atoms with Crippen LogP contribution in [0.3, 0.4) is 0 Å². The quantitative estimate of drug-likeness (QED) is 0.757. The summed E-state index contributed by atoms with van der Waals surface area (Å²) in [5.41, 5.74) is 1.85. The lowest BCUT2D eigenvalue weighted by Crippen LogP contribution is -2.39. The van der Waals surface area contributed by atoms with Gasteiger partial charge in [-0.15, -0.1) is 0 Å². The van der Waals surface area contributed by atoms with Crippen molar-refractivity contribution in [1.82, 2.24) is 19.8 Å². The lowest BCUT2D eigenvalue weighted by molar-refractivity contribution is -0.130. The van der Waals surface area contributed by atoms with Gasteiger partial charge in [0, 0.05) is 63.2 Å². The van der Waals surface area contributed by atoms with E-state index in [9.17, 15) is 9.90 Å². The number of carbonyl (C=O) groups excluding carboxylic acids is 1. The molecule has 1 spiro atoms. The van der Waals surface area contributed by atoms with Gasteiger partial charge in [0.25, 0.3) is 0 Å². The molecule has 2 aliphatic heterocycles. The number of carbonyl (C=O) groups is 1. The first-order chi connectivity index (χ1) is 15.2. The molecule has 1 aromatic carbocycles. The molecular weight excluding hydrogens is 392 g/mol. The minimum atomic E-state index is -0.496. The fraction of sp³-hybridized carbons (Fsp3) is 0.542. The molecule has 1 aliphatic carbocycles. The average molecular weight is 423 g/mol. The van der Waals surface area contributed by atoms with Crippen LogP contribution in [0, 0.1) is 11.3 Å². The van der Waals surface area contributed by atoms with Crippen molar-refractivity contribution >= 4 is 5.91 Å².